The Hall–Kier alpha value is -1.17. The molecule has 0 amide bonds. The highest BCUT2D eigenvalue weighted by atomic mass is 19.4. The Morgan fingerprint density at radius 1 is 1.29 bits per heavy atom. The molecule has 0 heterocycles. The van der Waals surface area contributed by atoms with Crippen molar-refractivity contribution in [1.82, 2.24) is 0 Å². The van der Waals surface area contributed by atoms with Crippen LogP contribution in [-0.4, -0.2) is 6.98 Å². The molecule has 0 aliphatic carbocycles. The predicted molar refractivity (Wildman–Crippen MR) is 52.2 cm³/mol. The van der Waals surface area contributed by atoms with E-state index in [2.05, 4.69) is 0 Å². The molecule has 0 aromatic heterocycles. The molecule has 0 saturated heterocycles. The Labute approximate surface area is 80.1 Å². The summed E-state index contributed by atoms with van der Waals surface area (Å²) in [6.07, 6.45) is 0. The fourth-order valence-electron chi connectivity index (χ4n) is 1.38. The number of nitrogens with two attached hydrogens (primary N) is 2. The van der Waals surface area contributed by atoms with Gasteiger partial charge in [-0.1, -0.05) is 11.6 Å². The third-order valence-corrected chi connectivity index (χ3v) is 2.15. The smallest absolute Gasteiger partial charge is 0.445 e. The van der Waals surface area contributed by atoms with Gasteiger partial charge < -0.3 is 24.4 Å². The van der Waals surface area contributed by atoms with Crippen LogP contribution in [0.2, 0.25) is 0 Å². The highest BCUT2D eigenvalue weighted by Crippen LogP contribution is 2.17. The summed E-state index contributed by atoms with van der Waals surface area (Å²) in [5.74, 6) is 0. The van der Waals surface area contributed by atoms with Gasteiger partial charge in [0, 0.05) is 12.2 Å². The molecule has 1 rings (SSSR count). The van der Waals surface area contributed by atoms with Crippen LogP contribution in [-0.2, 0) is 6.54 Å². The van der Waals surface area contributed by atoms with E-state index in [4.69, 9.17) is 11.5 Å². The van der Waals surface area contributed by atoms with Crippen LogP contribution in [0, 0.1) is 6.92 Å². The highest BCUT2D eigenvalue weighted by Gasteiger charge is 2.28. The quantitative estimate of drug-likeness (QED) is 0.558. The van der Waals surface area contributed by atoms with Crippen molar-refractivity contribution in [3.63, 3.8) is 0 Å². The number of anilines is 1. The molecule has 0 bridgehead atoms. The second kappa shape index (κ2) is 3.53. The maximum absolute atomic E-state index is 12.5. The summed E-state index contributed by atoms with van der Waals surface area (Å²) in [7, 11) is 0. The van der Waals surface area contributed by atoms with Crippen LogP contribution in [0.1, 0.15) is 11.1 Å². The summed E-state index contributed by atoms with van der Waals surface area (Å²) >= 11 is 0. The number of benzene rings is 1. The zero-order valence-corrected chi connectivity index (χ0v) is 7.73. The van der Waals surface area contributed by atoms with Crippen molar-refractivity contribution < 1.29 is 12.9 Å². The van der Waals surface area contributed by atoms with Gasteiger partial charge in [-0.15, -0.1) is 5.46 Å². The van der Waals surface area contributed by atoms with Crippen molar-refractivity contribution in [1.29, 1.82) is 0 Å². The van der Waals surface area contributed by atoms with E-state index in [0.717, 1.165) is 6.07 Å². The van der Waals surface area contributed by atoms with E-state index in [1.807, 2.05) is 0 Å². The summed E-state index contributed by atoms with van der Waals surface area (Å²) in [6, 6.07) is 2.43. The molecule has 6 heteroatoms. The van der Waals surface area contributed by atoms with Crippen molar-refractivity contribution in [2.75, 3.05) is 5.73 Å². The summed E-state index contributed by atoms with van der Waals surface area (Å²) < 4.78 is 37.5. The van der Waals surface area contributed by atoms with Crippen LogP contribution in [0.15, 0.2) is 12.1 Å². The third-order valence-electron chi connectivity index (χ3n) is 2.15. The average molecular weight is 203 g/mol. The van der Waals surface area contributed by atoms with Gasteiger partial charge in [0.15, 0.2) is 0 Å². The third kappa shape index (κ3) is 2.01. The van der Waals surface area contributed by atoms with Gasteiger partial charge in [-0.3, -0.25) is 0 Å². The number of halogens is 3. The number of rotatable bonds is 2. The fourth-order valence-corrected chi connectivity index (χ4v) is 1.38. The lowest BCUT2D eigenvalue weighted by atomic mass is 9.75. The largest absolute Gasteiger partial charge is 0.509 e. The van der Waals surface area contributed by atoms with E-state index in [0.29, 0.717) is 5.56 Å². The van der Waals surface area contributed by atoms with Crippen molar-refractivity contribution in [2.45, 2.75) is 13.5 Å². The molecule has 0 radical (unpaired) electrons. The van der Waals surface area contributed by atoms with E-state index in [-0.39, 0.29) is 17.8 Å². The lowest BCUT2D eigenvalue weighted by molar-refractivity contribution is 0.500. The fraction of sp³-hybridized carbons (Fsp3) is 0.250. The number of hydrogen-bond donors (Lipinski definition) is 2. The van der Waals surface area contributed by atoms with Gasteiger partial charge in [0.25, 0.3) is 0 Å². The minimum absolute atomic E-state index is 0.0655. The van der Waals surface area contributed by atoms with Crippen molar-refractivity contribution >= 4 is 18.1 Å². The first-order chi connectivity index (χ1) is 6.36. The SMILES string of the molecule is Cc1c(CN)cc(N)cc1[B-](F)(F)F. The van der Waals surface area contributed by atoms with E-state index in [9.17, 15) is 12.9 Å². The molecule has 78 valence electrons. The molecular weight excluding hydrogens is 192 g/mol. The summed E-state index contributed by atoms with van der Waals surface area (Å²) in [6.45, 7) is -3.54. The topological polar surface area (TPSA) is 52.0 Å². The first-order valence-electron chi connectivity index (χ1n) is 4.15. The van der Waals surface area contributed by atoms with Crippen molar-refractivity contribution in [3.8, 4) is 0 Å². The standard InChI is InChI=1S/C8H11BF3N2/c1-5-6(4-13)2-7(14)3-8(5)9(10,11)12/h2-3H,4,13-14H2,1H3/q-1. The van der Waals surface area contributed by atoms with Gasteiger partial charge in [0.2, 0.25) is 0 Å². The van der Waals surface area contributed by atoms with Crippen LogP contribution in [0.4, 0.5) is 18.6 Å². The molecule has 14 heavy (non-hydrogen) atoms. The summed E-state index contributed by atoms with van der Waals surface area (Å²) in [5, 5.41) is 0. The molecule has 0 aliphatic heterocycles. The van der Waals surface area contributed by atoms with E-state index < -0.39 is 12.4 Å². The van der Waals surface area contributed by atoms with Gasteiger partial charge in [-0.2, -0.15) is 0 Å². The zero-order chi connectivity index (χ0) is 10.9. The van der Waals surface area contributed by atoms with E-state index in [1.54, 1.807) is 0 Å². The predicted octanol–water partition coefficient (Wildman–Crippen LogP) is 1.09. The molecule has 0 aliphatic rings. The molecule has 0 fully saturated rings. The van der Waals surface area contributed by atoms with Crippen LogP contribution >= 0.6 is 0 Å². The van der Waals surface area contributed by atoms with Gasteiger partial charge in [-0.05, 0) is 18.6 Å². The summed E-state index contributed by atoms with van der Waals surface area (Å²) in [5.41, 5.74) is 10.7. The van der Waals surface area contributed by atoms with Crippen LogP contribution < -0.4 is 16.9 Å². The van der Waals surface area contributed by atoms with Crippen molar-refractivity contribution in [2.24, 2.45) is 5.73 Å². The van der Waals surface area contributed by atoms with Gasteiger partial charge in [0.05, 0.1) is 0 Å². The van der Waals surface area contributed by atoms with Crippen LogP contribution in [0.5, 0.6) is 0 Å². The van der Waals surface area contributed by atoms with Crippen molar-refractivity contribution in [3.05, 3.63) is 23.3 Å². The minimum Gasteiger partial charge on any atom is -0.445 e. The first kappa shape index (κ1) is 10.9. The molecule has 0 saturated carbocycles. The zero-order valence-electron chi connectivity index (χ0n) is 7.73. The maximum atomic E-state index is 12.5. The normalized spacial score (nSPS) is 11.8. The first-order valence-corrected chi connectivity index (χ1v) is 4.15. The van der Waals surface area contributed by atoms with Crippen LogP contribution in [0.3, 0.4) is 0 Å². The Bertz CT molecular complexity index is 349. The minimum atomic E-state index is -5.01. The lowest BCUT2D eigenvalue weighted by Crippen LogP contribution is -2.37. The molecular formula is C8H11BF3N2-. The Balaban J connectivity index is 3.37. The number of nitrogen functional groups attached to an aromatic ring is 1. The van der Waals surface area contributed by atoms with E-state index >= 15 is 0 Å². The maximum Gasteiger partial charge on any atom is 0.509 e. The molecule has 0 spiro atoms. The molecule has 0 atom stereocenters. The second-order valence-corrected chi connectivity index (χ2v) is 3.17. The Morgan fingerprint density at radius 3 is 2.29 bits per heavy atom. The number of hydrogen-bond acceptors (Lipinski definition) is 2. The molecule has 1 aromatic rings. The monoisotopic (exact) mass is 203 g/mol. The highest BCUT2D eigenvalue weighted by molar-refractivity contribution is 6.74. The van der Waals surface area contributed by atoms with Gasteiger partial charge >= 0.3 is 6.98 Å². The molecule has 0 unspecified atom stereocenters. The van der Waals surface area contributed by atoms with Crippen LogP contribution in [0.25, 0.3) is 0 Å². The molecule has 1 aromatic carbocycles. The average Bonchev–Trinajstić information content (AvgIpc) is 2.06. The lowest BCUT2D eigenvalue weighted by Gasteiger charge is -2.20. The Kier molecular flexibility index (Phi) is 2.75. The summed E-state index contributed by atoms with van der Waals surface area (Å²) in [4.78, 5) is 0. The molecule has 2 nitrogen and oxygen atoms in total. The second-order valence-electron chi connectivity index (χ2n) is 3.17. The van der Waals surface area contributed by atoms with E-state index in [1.165, 1.54) is 13.0 Å². The Morgan fingerprint density at radius 2 is 1.86 bits per heavy atom. The molecule has 4 N–H and O–H groups in total. The van der Waals surface area contributed by atoms with Gasteiger partial charge in [-0.25, -0.2) is 0 Å². The van der Waals surface area contributed by atoms with Gasteiger partial charge in [0.1, 0.15) is 0 Å².